The van der Waals surface area contributed by atoms with Crippen LogP contribution in [0.5, 0.6) is 0 Å². The van der Waals surface area contributed by atoms with E-state index >= 15 is 0 Å². The molecule has 4 rings (SSSR count). The van der Waals surface area contributed by atoms with Crippen molar-refractivity contribution in [1.29, 1.82) is 5.41 Å². The molecule has 3 heterocycles. The summed E-state index contributed by atoms with van der Waals surface area (Å²) in [7, 11) is 0. The molecule has 1 fully saturated rings. The molecule has 0 aliphatic carbocycles. The van der Waals surface area contributed by atoms with Crippen LogP contribution in [-0.4, -0.2) is 79.6 Å². The molecule has 0 spiro atoms. The van der Waals surface area contributed by atoms with Crippen LogP contribution < -0.4 is 15.5 Å². The minimum atomic E-state index is -3.42. The average Bonchev–Trinajstić information content (AvgIpc) is 3.13. The summed E-state index contributed by atoms with van der Waals surface area (Å²) in [6, 6.07) is 3.18. The fraction of sp³-hybridized carbons (Fsp3) is 0.364. The fourth-order valence-electron chi connectivity index (χ4n) is 3.94. The van der Waals surface area contributed by atoms with E-state index in [0.29, 0.717) is 43.2 Å². The molecule has 2 amide bonds. The van der Waals surface area contributed by atoms with E-state index < -0.39 is 30.9 Å². The number of morpholine rings is 1. The van der Waals surface area contributed by atoms with Crippen LogP contribution in [0.15, 0.2) is 40.8 Å². The van der Waals surface area contributed by atoms with Crippen molar-refractivity contribution >= 4 is 35.6 Å². The van der Waals surface area contributed by atoms with Gasteiger partial charge in [0.25, 0.3) is 17.7 Å². The highest BCUT2D eigenvalue weighted by Crippen LogP contribution is 2.36. The number of aliphatic hydroxyl groups excluding tert-OH is 1. The highest BCUT2D eigenvalue weighted by atomic mass is 19.3. The van der Waals surface area contributed by atoms with E-state index in [1.807, 2.05) is 4.90 Å². The number of carbonyl (C=O) groups is 2. The normalized spacial score (nSPS) is 19.1. The van der Waals surface area contributed by atoms with E-state index in [0.717, 1.165) is 11.1 Å². The molecule has 1 aromatic rings. The van der Waals surface area contributed by atoms with Crippen molar-refractivity contribution in [2.45, 2.75) is 12.5 Å². The Morgan fingerprint density at radius 3 is 2.76 bits per heavy atom. The maximum absolute atomic E-state index is 13.8. The Hall–Kier alpha value is -3.64. The Balaban J connectivity index is 1.68. The summed E-state index contributed by atoms with van der Waals surface area (Å²) in [4.78, 5) is 32.8. The molecular weight excluding hydrogens is 450 g/mol. The third kappa shape index (κ3) is 4.82. The van der Waals surface area contributed by atoms with Gasteiger partial charge in [-0.3, -0.25) is 9.59 Å². The first-order chi connectivity index (χ1) is 16.3. The largest absolute Gasteiger partial charge is 0.390 e. The number of nitrogens with one attached hydrogen (secondary N) is 3. The summed E-state index contributed by atoms with van der Waals surface area (Å²) in [5.41, 5.74) is 1.67. The SMILES string of the molecule is N=C/C(C(=O)Nc1cc2c(cc1N1CCOCC1)C(=O)N(CC(F)(F)CO)C2)=C1/N=CC=CN1. The molecule has 1 aromatic carbocycles. The molecule has 10 nitrogen and oxygen atoms in total. The summed E-state index contributed by atoms with van der Waals surface area (Å²) >= 11 is 0. The van der Waals surface area contributed by atoms with Gasteiger partial charge in [-0.15, -0.1) is 0 Å². The summed E-state index contributed by atoms with van der Waals surface area (Å²) in [5, 5.41) is 22.2. The second-order valence-corrected chi connectivity index (χ2v) is 7.94. The minimum Gasteiger partial charge on any atom is -0.390 e. The van der Waals surface area contributed by atoms with Gasteiger partial charge in [0.15, 0.2) is 0 Å². The van der Waals surface area contributed by atoms with Crippen LogP contribution in [0.3, 0.4) is 0 Å². The van der Waals surface area contributed by atoms with E-state index in [1.165, 1.54) is 6.21 Å². The van der Waals surface area contributed by atoms with Gasteiger partial charge < -0.3 is 35.7 Å². The molecule has 4 N–H and O–H groups in total. The molecule has 0 aromatic heterocycles. The Morgan fingerprint density at radius 2 is 2.12 bits per heavy atom. The van der Waals surface area contributed by atoms with Crippen molar-refractivity contribution in [2.24, 2.45) is 4.99 Å². The molecule has 34 heavy (non-hydrogen) atoms. The number of carbonyl (C=O) groups excluding carboxylic acids is 2. The molecule has 0 radical (unpaired) electrons. The number of benzene rings is 1. The van der Waals surface area contributed by atoms with Crippen LogP contribution in [0.1, 0.15) is 15.9 Å². The van der Waals surface area contributed by atoms with Gasteiger partial charge >= 0.3 is 0 Å². The molecule has 12 heteroatoms. The van der Waals surface area contributed by atoms with Crippen LogP contribution in [0.25, 0.3) is 0 Å². The van der Waals surface area contributed by atoms with Crippen molar-refractivity contribution in [3.63, 3.8) is 0 Å². The topological polar surface area (TPSA) is 130 Å². The van der Waals surface area contributed by atoms with Crippen LogP contribution in [0.2, 0.25) is 0 Å². The minimum absolute atomic E-state index is 0.00526. The van der Waals surface area contributed by atoms with E-state index in [9.17, 15) is 18.4 Å². The van der Waals surface area contributed by atoms with Gasteiger partial charge in [0.1, 0.15) is 12.4 Å². The number of anilines is 2. The summed E-state index contributed by atoms with van der Waals surface area (Å²) in [5.74, 6) is -4.37. The fourth-order valence-corrected chi connectivity index (χ4v) is 3.94. The maximum atomic E-state index is 13.8. The lowest BCUT2D eigenvalue weighted by Crippen LogP contribution is -2.39. The van der Waals surface area contributed by atoms with Gasteiger partial charge in [0.05, 0.1) is 36.7 Å². The third-order valence-electron chi connectivity index (χ3n) is 5.60. The van der Waals surface area contributed by atoms with Crippen molar-refractivity contribution in [3.8, 4) is 0 Å². The van der Waals surface area contributed by atoms with Crippen LogP contribution in [0.4, 0.5) is 20.2 Å². The first kappa shape index (κ1) is 23.5. The number of hydrogen-bond donors (Lipinski definition) is 4. The second-order valence-electron chi connectivity index (χ2n) is 7.94. The number of ether oxygens (including phenoxy) is 1. The first-order valence-corrected chi connectivity index (χ1v) is 10.6. The molecule has 0 bridgehead atoms. The Morgan fingerprint density at radius 1 is 1.35 bits per heavy atom. The summed E-state index contributed by atoms with van der Waals surface area (Å²) in [6.45, 7) is -0.422. The van der Waals surface area contributed by atoms with Gasteiger partial charge in [-0.2, -0.15) is 0 Å². The van der Waals surface area contributed by atoms with Crippen molar-refractivity contribution in [1.82, 2.24) is 10.2 Å². The molecule has 1 saturated heterocycles. The van der Waals surface area contributed by atoms with Gasteiger partial charge in [0, 0.05) is 43.8 Å². The van der Waals surface area contributed by atoms with Crippen molar-refractivity contribution < 1.29 is 28.2 Å². The highest BCUT2D eigenvalue weighted by Gasteiger charge is 2.38. The zero-order valence-corrected chi connectivity index (χ0v) is 18.2. The number of rotatable bonds is 7. The molecule has 3 aliphatic rings. The number of allylic oxidation sites excluding steroid dienone is 1. The van der Waals surface area contributed by atoms with Crippen molar-refractivity contribution in [3.05, 3.63) is 46.9 Å². The van der Waals surface area contributed by atoms with Crippen LogP contribution in [0, 0.1) is 5.41 Å². The monoisotopic (exact) mass is 474 g/mol. The number of hydrogen-bond acceptors (Lipinski definition) is 8. The van der Waals surface area contributed by atoms with Crippen LogP contribution >= 0.6 is 0 Å². The number of halogens is 2. The standard InChI is InChI=1S/C22H24F2N6O4/c23-22(24,13-31)12-30-11-14-8-17(28-20(32)16(10-25)19-26-2-1-3-27-19)18(9-15(14)21(30)33)29-4-6-34-7-5-29/h1-3,8-10,25-26,31H,4-7,11-13H2,(H,28,32)/b19-16-,25-10?. The van der Waals surface area contributed by atoms with E-state index in [1.54, 1.807) is 24.4 Å². The molecular formula is C22H24F2N6O4. The number of aliphatic hydroxyl groups is 1. The predicted octanol–water partition coefficient (Wildman–Crippen LogP) is 1.09. The quantitative estimate of drug-likeness (QED) is 0.346. The van der Waals surface area contributed by atoms with E-state index in [-0.39, 0.29) is 23.5 Å². The summed E-state index contributed by atoms with van der Waals surface area (Å²) in [6.07, 6.45) is 5.59. The van der Waals surface area contributed by atoms with E-state index in [2.05, 4.69) is 15.6 Å². The second kappa shape index (κ2) is 9.69. The van der Waals surface area contributed by atoms with Gasteiger partial charge in [-0.05, 0) is 23.8 Å². The molecule has 0 unspecified atom stereocenters. The molecule has 3 aliphatic heterocycles. The number of nitrogens with zero attached hydrogens (tertiary/aromatic N) is 3. The van der Waals surface area contributed by atoms with Crippen molar-refractivity contribution in [2.75, 3.05) is 49.7 Å². The summed E-state index contributed by atoms with van der Waals surface area (Å²) < 4.78 is 32.9. The smallest absolute Gasteiger partial charge is 0.287 e. The molecule has 0 atom stereocenters. The average molecular weight is 474 g/mol. The van der Waals surface area contributed by atoms with E-state index in [4.69, 9.17) is 15.3 Å². The van der Waals surface area contributed by atoms with Crippen LogP contribution in [-0.2, 0) is 16.1 Å². The third-order valence-corrected chi connectivity index (χ3v) is 5.60. The van der Waals surface area contributed by atoms with Gasteiger partial charge in [-0.25, -0.2) is 13.8 Å². The highest BCUT2D eigenvalue weighted by molar-refractivity contribution is 6.18. The Labute approximate surface area is 194 Å². The Bertz CT molecular complexity index is 1100. The molecule has 180 valence electrons. The number of aliphatic imine (C=N–C) groups is 1. The zero-order valence-electron chi connectivity index (χ0n) is 18.2. The zero-order chi connectivity index (χ0) is 24.3. The Kier molecular flexibility index (Phi) is 6.70. The lowest BCUT2D eigenvalue weighted by Gasteiger charge is -2.31. The first-order valence-electron chi connectivity index (χ1n) is 10.6. The predicted molar refractivity (Wildman–Crippen MR) is 121 cm³/mol. The molecule has 0 saturated carbocycles. The van der Waals surface area contributed by atoms with Gasteiger partial charge in [0.2, 0.25) is 0 Å². The number of amides is 2. The van der Waals surface area contributed by atoms with Gasteiger partial charge in [-0.1, -0.05) is 0 Å². The number of alkyl halides is 2. The maximum Gasteiger partial charge on any atom is 0.287 e. The number of fused-ring (bicyclic) bond motifs is 1. The lowest BCUT2D eigenvalue weighted by atomic mass is 10.1. The lowest BCUT2D eigenvalue weighted by molar-refractivity contribution is -0.112.